The molecular formula is C16H11FN2O2. The minimum absolute atomic E-state index is 0.136. The van der Waals surface area contributed by atoms with Crippen LogP contribution in [-0.4, -0.2) is 17.7 Å². The van der Waals surface area contributed by atoms with Crippen LogP contribution in [0.2, 0.25) is 0 Å². The molecule has 104 valence electrons. The largest absolute Gasteiger partial charge is 0.374 e. The molecule has 0 aromatic heterocycles. The van der Waals surface area contributed by atoms with Crippen LogP contribution in [0.4, 0.5) is 10.1 Å². The molecule has 0 saturated carbocycles. The van der Waals surface area contributed by atoms with Crippen LogP contribution in [0.1, 0.15) is 5.56 Å². The van der Waals surface area contributed by atoms with E-state index in [9.17, 15) is 14.0 Å². The van der Waals surface area contributed by atoms with Crippen LogP contribution >= 0.6 is 0 Å². The van der Waals surface area contributed by atoms with Crippen molar-refractivity contribution in [1.29, 1.82) is 0 Å². The summed E-state index contributed by atoms with van der Waals surface area (Å²) in [7, 11) is 0. The zero-order valence-electron chi connectivity index (χ0n) is 10.9. The van der Waals surface area contributed by atoms with Gasteiger partial charge in [-0.05, 0) is 6.07 Å². The van der Waals surface area contributed by atoms with Crippen LogP contribution in [0.25, 0.3) is 5.57 Å². The van der Waals surface area contributed by atoms with E-state index in [1.54, 1.807) is 6.07 Å². The lowest BCUT2D eigenvalue weighted by atomic mass is 9.93. The molecule has 2 N–H and O–H groups in total. The van der Waals surface area contributed by atoms with Crippen LogP contribution in [0.5, 0.6) is 0 Å². The first-order chi connectivity index (χ1) is 10.2. The molecule has 2 unspecified atom stereocenters. The average Bonchev–Trinajstić information content (AvgIpc) is 2.98. The monoisotopic (exact) mass is 282 g/mol. The highest BCUT2D eigenvalue weighted by Gasteiger charge is 2.41. The second-order valence-electron chi connectivity index (χ2n) is 5.20. The maximum atomic E-state index is 13.8. The molecule has 2 heterocycles. The van der Waals surface area contributed by atoms with Crippen LogP contribution < -0.4 is 10.6 Å². The Bertz CT molecular complexity index is 776. The molecular weight excluding hydrogens is 271 g/mol. The SMILES string of the molecule is O=C1Nc2c(F)cccc2/C1=C1/NC2C=CC=CC2C1=O. The fraction of sp³-hybridized carbons (Fsp3) is 0.125. The number of rotatable bonds is 0. The van der Waals surface area contributed by atoms with Crippen LogP contribution in [0.15, 0.2) is 48.2 Å². The van der Waals surface area contributed by atoms with Crippen molar-refractivity contribution in [2.24, 2.45) is 5.92 Å². The molecule has 0 spiro atoms. The zero-order chi connectivity index (χ0) is 14.6. The lowest BCUT2D eigenvalue weighted by Crippen LogP contribution is -2.25. The second-order valence-corrected chi connectivity index (χ2v) is 5.20. The van der Waals surface area contributed by atoms with Crippen LogP contribution in [0, 0.1) is 11.7 Å². The van der Waals surface area contributed by atoms with Gasteiger partial charge in [0.25, 0.3) is 5.91 Å². The van der Waals surface area contributed by atoms with E-state index >= 15 is 0 Å². The summed E-state index contributed by atoms with van der Waals surface area (Å²) in [6, 6.07) is 4.31. The predicted octanol–water partition coefficient (Wildman–Crippen LogP) is 1.77. The molecule has 1 aromatic carbocycles. The number of allylic oxidation sites excluding steroid dienone is 3. The number of carbonyl (C=O) groups is 2. The average molecular weight is 282 g/mol. The molecule has 5 heteroatoms. The topological polar surface area (TPSA) is 58.2 Å². The standard InChI is InChI=1S/C16H11FN2O2/c17-10-6-3-5-9-12(16(21)19-13(9)10)14-15(20)8-4-1-2-7-11(8)18-14/h1-8,11,18H,(H,19,21)/b14-12-. The van der Waals surface area contributed by atoms with E-state index in [-0.39, 0.29) is 34.7 Å². The highest BCUT2D eigenvalue weighted by Crippen LogP contribution is 2.38. The number of nitrogens with one attached hydrogen (secondary N) is 2. The van der Waals surface area contributed by atoms with E-state index in [0.717, 1.165) is 0 Å². The molecule has 0 radical (unpaired) electrons. The molecule has 1 aliphatic carbocycles. The molecule has 21 heavy (non-hydrogen) atoms. The van der Waals surface area contributed by atoms with Crippen molar-refractivity contribution in [2.45, 2.75) is 6.04 Å². The summed E-state index contributed by atoms with van der Waals surface area (Å²) in [6.07, 6.45) is 7.37. The lowest BCUT2D eigenvalue weighted by molar-refractivity contribution is -0.117. The van der Waals surface area contributed by atoms with Crippen molar-refractivity contribution in [3.63, 3.8) is 0 Å². The van der Waals surface area contributed by atoms with E-state index in [0.29, 0.717) is 5.56 Å². The Hall–Kier alpha value is -2.69. The van der Waals surface area contributed by atoms with E-state index in [2.05, 4.69) is 10.6 Å². The van der Waals surface area contributed by atoms with Gasteiger partial charge in [0.15, 0.2) is 5.78 Å². The van der Waals surface area contributed by atoms with Crippen molar-refractivity contribution < 1.29 is 14.0 Å². The normalized spacial score (nSPS) is 29.2. The fourth-order valence-corrected chi connectivity index (χ4v) is 3.00. The highest BCUT2D eigenvalue weighted by molar-refractivity contribution is 6.36. The summed E-state index contributed by atoms with van der Waals surface area (Å²) in [5.74, 6) is -1.39. The van der Waals surface area contributed by atoms with Gasteiger partial charge >= 0.3 is 0 Å². The summed E-state index contributed by atoms with van der Waals surface area (Å²) in [6.45, 7) is 0. The van der Waals surface area contributed by atoms with Gasteiger partial charge in [-0.2, -0.15) is 0 Å². The quantitative estimate of drug-likeness (QED) is 0.713. The van der Waals surface area contributed by atoms with Crippen molar-refractivity contribution >= 4 is 23.0 Å². The summed E-state index contributed by atoms with van der Waals surface area (Å²) in [5.41, 5.74) is 1.07. The number of amides is 1. The van der Waals surface area contributed by atoms with E-state index in [4.69, 9.17) is 0 Å². The number of anilines is 1. The number of carbonyl (C=O) groups excluding carboxylic acids is 2. The van der Waals surface area contributed by atoms with Crippen LogP contribution in [0.3, 0.4) is 0 Å². The Labute approximate surface area is 120 Å². The third-order valence-electron chi connectivity index (χ3n) is 3.99. The van der Waals surface area contributed by atoms with Gasteiger partial charge in [0.05, 0.1) is 28.9 Å². The van der Waals surface area contributed by atoms with E-state index in [1.165, 1.54) is 12.1 Å². The third-order valence-corrected chi connectivity index (χ3v) is 3.99. The number of benzene rings is 1. The molecule has 4 nitrogen and oxygen atoms in total. The molecule has 1 aromatic rings. The Morgan fingerprint density at radius 3 is 2.71 bits per heavy atom. The van der Waals surface area contributed by atoms with Gasteiger partial charge in [0.2, 0.25) is 0 Å². The number of Topliss-reactive ketones (excluding diaryl/α,β-unsaturated/α-hetero) is 1. The van der Waals surface area contributed by atoms with Crippen LogP contribution in [-0.2, 0) is 9.59 Å². The molecule has 2 atom stereocenters. The summed E-state index contributed by atoms with van der Waals surface area (Å²) < 4.78 is 13.8. The molecule has 1 fully saturated rings. The minimum atomic E-state index is -0.501. The van der Waals surface area contributed by atoms with Gasteiger partial charge in [0.1, 0.15) is 5.82 Å². The predicted molar refractivity (Wildman–Crippen MR) is 75.7 cm³/mol. The van der Waals surface area contributed by atoms with Gasteiger partial charge in [-0.3, -0.25) is 9.59 Å². The van der Waals surface area contributed by atoms with Crippen molar-refractivity contribution in [3.8, 4) is 0 Å². The number of fused-ring (bicyclic) bond motifs is 2. The summed E-state index contributed by atoms with van der Waals surface area (Å²) in [4.78, 5) is 24.6. The molecule has 1 amide bonds. The number of hydrogen-bond donors (Lipinski definition) is 2. The fourth-order valence-electron chi connectivity index (χ4n) is 3.00. The first-order valence-electron chi connectivity index (χ1n) is 6.67. The molecule has 0 bridgehead atoms. The van der Waals surface area contributed by atoms with Gasteiger partial charge in [0, 0.05) is 5.56 Å². The second kappa shape index (κ2) is 4.15. The van der Waals surface area contributed by atoms with Gasteiger partial charge in [-0.1, -0.05) is 36.4 Å². The number of hydrogen-bond acceptors (Lipinski definition) is 3. The number of ketones is 1. The Morgan fingerprint density at radius 1 is 1.10 bits per heavy atom. The highest BCUT2D eigenvalue weighted by atomic mass is 19.1. The van der Waals surface area contributed by atoms with Gasteiger partial charge in [-0.25, -0.2) is 4.39 Å². The molecule has 4 rings (SSSR count). The molecule has 3 aliphatic rings. The van der Waals surface area contributed by atoms with E-state index in [1.807, 2.05) is 24.3 Å². The Kier molecular flexibility index (Phi) is 2.39. The minimum Gasteiger partial charge on any atom is -0.374 e. The smallest absolute Gasteiger partial charge is 0.258 e. The summed E-state index contributed by atoms with van der Waals surface area (Å²) in [5, 5.41) is 5.58. The Morgan fingerprint density at radius 2 is 1.90 bits per heavy atom. The van der Waals surface area contributed by atoms with Gasteiger partial charge in [-0.15, -0.1) is 0 Å². The number of para-hydroxylation sites is 1. The maximum absolute atomic E-state index is 13.8. The van der Waals surface area contributed by atoms with E-state index < -0.39 is 11.7 Å². The Balaban J connectivity index is 1.89. The van der Waals surface area contributed by atoms with Crippen molar-refractivity contribution in [3.05, 3.63) is 59.6 Å². The third kappa shape index (κ3) is 1.60. The lowest BCUT2D eigenvalue weighted by Gasteiger charge is -2.12. The molecule has 2 aliphatic heterocycles. The van der Waals surface area contributed by atoms with Gasteiger partial charge < -0.3 is 10.6 Å². The first kappa shape index (κ1) is 12.1. The number of halogens is 1. The summed E-state index contributed by atoms with van der Waals surface area (Å²) >= 11 is 0. The molecule has 1 saturated heterocycles. The maximum Gasteiger partial charge on any atom is 0.258 e. The van der Waals surface area contributed by atoms with Crippen molar-refractivity contribution in [2.75, 3.05) is 5.32 Å². The zero-order valence-corrected chi connectivity index (χ0v) is 10.9. The van der Waals surface area contributed by atoms with Crippen molar-refractivity contribution in [1.82, 2.24) is 5.32 Å². The first-order valence-corrected chi connectivity index (χ1v) is 6.67.